The minimum absolute atomic E-state index is 0.0115. The summed E-state index contributed by atoms with van der Waals surface area (Å²) in [5, 5.41) is 9.41. The van der Waals surface area contributed by atoms with Gasteiger partial charge < -0.3 is 10.0 Å². The number of aliphatic hydroxyl groups excluding tert-OH is 1. The van der Waals surface area contributed by atoms with Crippen molar-refractivity contribution in [2.75, 3.05) is 11.5 Å². The molecule has 1 amide bonds. The summed E-state index contributed by atoms with van der Waals surface area (Å²) < 4.78 is 0. The molecule has 1 N–H and O–H groups in total. The van der Waals surface area contributed by atoms with Gasteiger partial charge in [0.2, 0.25) is 5.91 Å². The second-order valence-electron chi connectivity index (χ2n) is 4.69. The molecule has 0 spiro atoms. The van der Waals surface area contributed by atoms with E-state index in [1.165, 1.54) is 0 Å². The second kappa shape index (κ2) is 4.86. The monoisotopic (exact) mass is 253 g/mol. The third-order valence-corrected chi connectivity index (χ3v) is 3.59. The first-order valence-corrected chi connectivity index (χ1v) is 6.37. The van der Waals surface area contributed by atoms with Gasteiger partial charge in [0.25, 0.3) is 0 Å². The van der Waals surface area contributed by atoms with Crippen LogP contribution in [0.2, 0.25) is 0 Å². The van der Waals surface area contributed by atoms with Gasteiger partial charge in [0, 0.05) is 5.69 Å². The second-order valence-corrected chi connectivity index (χ2v) is 4.69. The molecule has 2 atom stereocenters. The molecule has 1 saturated heterocycles. The molecule has 0 unspecified atom stereocenters. The lowest BCUT2D eigenvalue weighted by atomic mass is 9.82. The molecule has 2 aromatic rings. The lowest BCUT2D eigenvalue weighted by Gasteiger charge is -2.46. The maximum atomic E-state index is 12.1. The van der Waals surface area contributed by atoms with Gasteiger partial charge in [-0.3, -0.25) is 4.79 Å². The Bertz CT molecular complexity index is 568. The van der Waals surface area contributed by atoms with E-state index in [0.29, 0.717) is 0 Å². The molecule has 1 fully saturated rings. The molecule has 19 heavy (non-hydrogen) atoms. The van der Waals surface area contributed by atoms with E-state index in [1.807, 2.05) is 60.7 Å². The molecule has 96 valence electrons. The van der Waals surface area contributed by atoms with Crippen molar-refractivity contribution in [2.45, 2.75) is 6.04 Å². The van der Waals surface area contributed by atoms with Crippen LogP contribution < -0.4 is 4.90 Å². The van der Waals surface area contributed by atoms with Crippen molar-refractivity contribution in [1.82, 2.24) is 0 Å². The number of β-lactam (4-membered cyclic amide) rings is 1. The number of carbonyl (C=O) groups excluding carboxylic acids is 1. The number of hydrogen-bond donors (Lipinski definition) is 1. The van der Waals surface area contributed by atoms with Crippen LogP contribution in [0.4, 0.5) is 5.69 Å². The third kappa shape index (κ3) is 1.92. The summed E-state index contributed by atoms with van der Waals surface area (Å²) in [5.41, 5.74) is 1.94. The van der Waals surface area contributed by atoms with E-state index in [2.05, 4.69) is 0 Å². The minimum Gasteiger partial charge on any atom is -0.395 e. The topological polar surface area (TPSA) is 40.5 Å². The number of para-hydroxylation sites is 1. The first-order valence-electron chi connectivity index (χ1n) is 6.37. The van der Waals surface area contributed by atoms with Crippen molar-refractivity contribution in [3.63, 3.8) is 0 Å². The molecule has 2 aromatic carbocycles. The zero-order chi connectivity index (χ0) is 13.2. The van der Waals surface area contributed by atoms with Gasteiger partial charge in [0.15, 0.2) is 0 Å². The van der Waals surface area contributed by atoms with E-state index < -0.39 is 0 Å². The summed E-state index contributed by atoms with van der Waals surface area (Å²) in [6.45, 7) is -0.109. The molecule has 0 saturated carbocycles. The standard InChI is InChI=1S/C16H15NO2/c18-11-14-15(12-7-3-1-4-8-12)17(16(14)19)13-9-5-2-6-10-13/h1-10,14-15,18H,11H2/t14-,15+/m1/s1. The van der Waals surface area contributed by atoms with E-state index in [0.717, 1.165) is 11.3 Å². The SMILES string of the molecule is O=C1[C@H](CO)[C@H](c2ccccc2)N1c1ccccc1. The van der Waals surface area contributed by atoms with Gasteiger partial charge in [-0.2, -0.15) is 0 Å². The minimum atomic E-state index is -0.331. The Hall–Kier alpha value is -2.13. The summed E-state index contributed by atoms with van der Waals surface area (Å²) in [7, 11) is 0. The van der Waals surface area contributed by atoms with Crippen LogP contribution in [0.25, 0.3) is 0 Å². The number of amides is 1. The van der Waals surface area contributed by atoms with E-state index in [9.17, 15) is 9.90 Å². The molecule has 3 nitrogen and oxygen atoms in total. The molecular formula is C16H15NO2. The maximum absolute atomic E-state index is 12.1. The fourth-order valence-corrected chi connectivity index (χ4v) is 2.63. The van der Waals surface area contributed by atoms with Crippen LogP contribution >= 0.6 is 0 Å². The lowest BCUT2D eigenvalue weighted by Crippen LogP contribution is -2.56. The van der Waals surface area contributed by atoms with Gasteiger partial charge in [0.1, 0.15) is 0 Å². The molecule has 0 bridgehead atoms. The fourth-order valence-electron chi connectivity index (χ4n) is 2.63. The van der Waals surface area contributed by atoms with Gasteiger partial charge in [-0.25, -0.2) is 0 Å². The van der Waals surface area contributed by atoms with Crippen LogP contribution in [0.3, 0.4) is 0 Å². The summed E-state index contributed by atoms with van der Waals surface area (Å²) in [5.74, 6) is -0.342. The van der Waals surface area contributed by atoms with Crippen molar-refractivity contribution in [3.05, 3.63) is 66.2 Å². The Balaban J connectivity index is 1.98. The summed E-state index contributed by atoms with van der Waals surface area (Å²) in [4.78, 5) is 13.9. The number of aliphatic hydroxyl groups is 1. The smallest absolute Gasteiger partial charge is 0.235 e. The molecule has 1 aliphatic heterocycles. The summed E-state index contributed by atoms with van der Waals surface area (Å²) in [6.07, 6.45) is 0. The first kappa shape index (κ1) is 11.9. The normalized spacial score (nSPS) is 22.2. The average Bonchev–Trinajstić information content (AvgIpc) is 2.47. The third-order valence-electron chi connectivity index (χ3n) is 3.59. The van der Waals surface area contributed by atoms with Crippen molar-refractivity contribution >= 4 is 11.6 Å². The molecule has 0 aliphatic carbocycles. The number of hydrogen-bond acceptors (Lipinski definition) is 2. The van der Waals surface area contributed by atoms with E-state index in [-0.39, 0.29) is 24.5 Å². The summed E-state index contributed by atoms with van der Waals surface area (Å²) in [6, 6.07) is 19.4. The highest BCUT2D eigenvalue weighted by atomic mass is 16.3. The number of nitrogens with zero attached hydrogens (tertiary/aromatic N) is 1. The van der Waals surface area contributed by atoms with Crippen LogP contribution in [-0.2, 0) is 4.79 Å². The first-order chi connectivity index (χ1) is 9.33. The fraction of sp³-hybridized carbons (Fsp3) is 0.188. The molecule has 1 aliphatic rings. The van der Waals surface area contributed by atoms with E-state index in [4.69, 9.17) is 0 Å². The number of benzene rings is 2. The molecule has 0 radical (unpaired) electrons. The van der Waals surface area contributed by atoms with Crippen LogP contribution in [0.5, 0.6) is 0 Å². The van der Waals surface area contributed by atoms with E-state index in [1.54, 1.807) is 4.90 Å². The van der Waals surface area contributed by atoms with E-state index >= 15 is 0 Å². The Morgan fingerprint density at radius 2 is 1.53 bits per heavy atom. The molecule has 3 rings (SSSR count). The predicted molar refractivity (Wildman–Crippen MR) is 73.7 cm³/mol. The van der Waals surface area contributed by atoms with Gasteiger partial charge in [0.05, 0.1) is 18.6 Å². The van der Waals surface area contributed by atoms with Crippen molar-refractivity contribution < 1.29 is 9.90 Å². The van der Waals surface area contributed by atoms with Crippen LogP contribution in [0, 0.1) is 5.92 Å². The highest BCUT2D eigenvalue weighted by Crippen LogP contribution is 2.42. The Kier molecular flexibility index (Phi) is 3.05. The number of rotatable bonds is 3. The highest BCUT2D eigenvalue weighted by molar-refractivity contribution is 6.03. The quantitative estimate of drug-likeness (QED) is 0.853. The summed E-state index contributed by atoms with van der Waals surface area (Å²) >= 11 is 0. The lowest BCUT2D eigenvalue weighted by molar-refractivity contribution is -0.132. The van der Waals surface area contributed by atoms with Gasteiger partial charge in [-0.1, -0.05) is 48.5 Å². The molecule has 3 heteroatoms. The Labute approximate surface area is 112 Å². The largest absolute Gasteiger partial charge is 0.395 e. The maximum Gasteiger partial charge on any atom is 0.235 e. The average molecular weight is 253 g/mol. The van der Waals surface area contributed by atoms with Crippen molar-refractivity contribution in [1.29, 1.82) is 0 Å². The molecule has 1 heterocycles. The van der Waals surface area contributed by atoms with Gasteiger partial charge >= 0.3 is 0 Å². The van der Waals surface area contributed by atoms with Crippen LogP contribution in [0.1, 0.15) is 11.6 Å². The Morgan fingerprint density at radius 3 is 2.11 bits per heavy atom. The van der Waals surface area contributed by atoms with Gasteiger partial charge in [-0.05, 0) is 17.7 Å². The van der Waals surface area contributed by atoms with Gasteiger partial charge in [-0.15, -0.1) is 0 Å². The van der Waals surface area contributed by atoms with Crippen LogP contribution in [0.15, 0.2) is 60.7 Å². The molecular weight excluding hydrogens is 238 g/mol. The van der Waals surface area contributed by atoms with Crippen molar-refractivity contribution in [2.24, 2.45) is 5.92 Å². The highest BCUT2D eigenvalue weighted by Gasteiger charge is 2.48. The predicted octanol–water partition coefficient (Wildman–Crippen LogP) is 2.38. The zero-order valence-corrected chi connectivity index (χ0v) is 10.4. The number of carbonyl (C=O) groups is 1. The Morgan fingerprint density at radius 1 is 0.947 bits per heavy atom. The van der Waals surface area contributed by atoms with Crippen molar-refractivity contribution in [3.8, 4) is 0 Å². The zero-order valence-electron chi connectivity index (χ0n) is 10.4. The van der Waals surface area contributed by atoms with Crippen LogP contribution in [-0.4, -0.2) is 17.6 Å². The number of anilines is 1. The molecule has 0 aromatic heterocycles.